The predicted octanol–water partition coefficient (Wildman–Crippen LogP) is 1.01. The Hall–Kier alpha value is -0.630. The molecule has 0 amide bonds. The molecule has 0 spiro atoms. The minimum Gasteiger partial charge on any atom is -0.308 e. The summed E-state index contributed by atoms with van der Waals surface area (Å²) < 4.78 is 0. The predicted molar refractivity (Wildman–Crippen MR) is 72.9 cm³/mol. The van der Waals surface area contributed by atoms with Crippen LogP contribution in [-0.2, 0) is 0 Å². The van der Waals surface area contributed by atoms with E-state index in [1.165, 1.54) is 0 Å². The van der Waals surface area contributed by atoms with Gasteiger partial charge in [-0.2, -0.15) is 5.26 Å². The molecule has 17 heavy (non-hydrogen) atoms. The van der Waals surface area contributed by atoms with E-state index < -0.39 is 0 Å². The second kappa shape index (κ2) is 9.41. The largest absolute Gasteiger partial charge is 0.308 e. The second-order valence-electron chi connectivity index (χ2n) is 5.26. The molecule has 0 aromatic rings. The van der Waals surface area contributed by atoms with Gasteiger partial charge in [-0.3, -0.25) is 0 Å². The molecule has 0 radical (unpaired) electrons. The molecule has 100 valence electrons. The van der Waals surface area contributed by atoms with Crippen LogP contribution in [0.3, 0.4) is 0 Å². The number of nitrogens with one attached hydrogen (secondary N) is 1. The van der Waals surface area contributed by atoms with Crippen molar-refractivity contribution in [3.05, 3.63) is 0 Å². The third-order valence-electron chi connectivity index (χ3n) is 2.73. The molecule has 1 unspecified atom stereocenters. The molecule has 0 aromatic carbocycles. The van der Waals surface area contributed by atoms with Crippen molar-refractivity contribution in [2.24, 2.45) is 5.92 Å². The number of hydrogen-bond donors (Lipinski definition) is 1. The van der Waals surface area contributed by atoms with Gasteiger partial charge in [0.15, 0.2) is 0 Å². The molecule has 0 aliphatic rings. The first-order valence-electron chi connectivity index (χ1n) is 6.43. The Kier molecular flexibility index (Phi) is 9.06. The van der Waals surface area contributed by atoms with E-state index >= 15 is 0 Å². The first-order chi connectivity index (χ1) is 7.99. The molecule has 4 nitrogen and oxygen atoms in total. The van der Waals surface area contributed by atoms with Crippen molar-refractivity contribution in [1.29, 1.82) is 5.26 Å². The fourth-order valence-corrected chi connectivity index (χ4v) is 1.74. The van der Waals surface area contributed by atoms with Crippen molar-refractivity contribution in [2.45, 2.75) is 26.3 Å². The van der Waals surface area contributed by atoms with Crippen LogP contribution < -0.4 is 5.32 Å². The molecular formula is C13H28N4. The van der Waals surface area contributed by atoms with Crippen molar-refractivity contribution in [1.82, 2.24) is 15.1 Å². The highest BCUT2D eigenvalue weighted by Crippen LogP contribution is 2.02. The maximum atomic E-state index is 8.90. The van der Waals surface area contributed by atoms with Gasteiger partial charge in [0.2, 0.25) is 0 Å². The van der Waals surface area contributed by atoms with Crippen molar-refractivity contribution < 1.29 is 0 Å². The Morgan fingerprint density at radius 2 is 1.82 bits per heavy atom. The van der Waals surface area contributed by atoms with Crippen LogP contribution >= 0.6 is 0 Å². The second-order valence-corrected chi connectivity index (χ2v) is 5.26. The molecule has 4 heteroatoms. The highest BCUT2D eigenvalue weighted by Gasteiger charge is 2.11. The van der Waals surface area contributed by atoms with Gasteiger partial charge >= 0.3 is 0 Å². The molecule has 1 N–H and O–H groups in total. The van der Waals surface area contributed by atoms with E-state index in [-0.39, 0.29) is 6.04 Å². The van der Waals surface area contributed by atoms with Gasteiger partial charge < -0.3 is 15.1 Å². The topological polar surface area (TPSA) is 42.3 Å². The quantitative estimate of drug-likeness (QED) is 0.653. The zero-order valence-corrected chi connectivity index (χ0v) is 12.0. The Bertz CT molecular complexity index is 220. The zero-order valence-electron chi connectivity index (χ0n) is 12.0. The lowest BCUT2D eigenvalue weighted by atomic mass is 10.1. The standard InChI is InChI=1S/C13H28N4/c1-12(2)11-17(9-8-16(4)5)7-6-13(10-14)15-3/h12-13,15H,6-9,11H2,1-5H3. The average molecular weight is 240 g/mol. The van der Waals surface area contributed by atoms with Crippen LogP contribution in [0.15, 0.2) is 0 Å². The summed E-state index contributed by atoms with van der Waals surface area (Å²) in [5.74, 6) is 0.673. The maximum absolute atomic E-state index is 8.90. The summed E-state index contributed by atoms with van der Waals surface area (Å²) in [5, 5.41) is 11.9. The van der Waals surface area contributed by atoms with Crippen LogP contribution in [0.1, 0.15) is 20.3 Å². The fourth-order valence-electron chi connectivity index (χ4n) is 1.74. The van der Waals surface area contributed by atoms with E-state index in [0.29, 0.717) is 5.92 Å². The molecule has 1 atom stereocenters. The number of nitriles is 1. The summed E-state index contributed by atoms with van der Waals surface area (Å²) in [4.78, 5) is 4.65. The number of likely N-dealkylation sites (N-methyl/N-ethyl adjacent to an activating group) is 1. The lowest BCUT2D eigenvalue weighted by Gasteiger charge is -2.26. The smallest absolute Gasteiger partial charge is 0.0962 e. The summed E-state index contributed by atoms with van der Waals surface area (Å²) in [7, 11) is 6.04. The molecule has 0 saturated carbocycles. The van der Waals surface area contributed by atoms with E-state index in [1.807, 2.05) is 7.05 Å². The van der Waals surface area contributed by atoms with E-state index in [1.54, 1.807) is 0 Å². The van der Waals surface area contributed by atoms with Crippen molar-refractivity contribution in [2.75, 3.05) is 47.3 Å². The van der Waals surface area contributed by atoms with E-state index in [4.69, 9.17) is 5.26 Å². The van der Waals surface area contributed by atoms with Crippen LogP contribution in [-0.4, -0.2) is 63.2 Å². The SMILES string of the molecule is CNC(C#N)CCN(CCN(C)C)CC(C)C. The number of rotatable bonds is 9. The van der Waals surface area contributed by atoms with Gasteiger partial charge in [0.05, 0.1) is 12.1 Å². The molecule has 0 aliphatic heterocycles. The van der Waals surface area contributed by atoms with Crippen molar-refractivity contribution in [3.63, 3.8) is 0 Å². The highest BCUT2D eigenvalue weighted by molar-refractivity contribution is 4.89. The molecule has 0 heterocycles. The number of hydrogen-bond acceptors (Lipinski definition) is 4. The van der Waals surface area contributed by atoms with Crippen LogP contribution in [0, 0.1) is 17.2 Å². The van der Waals surface area contributed by atoms with E-state index in [0.717, 1.165) is 32.6 Å². The van der Waals surface area contributed by atoms with Crippen LogP contribution in [0.5, 0.6) is 0 Å². The summed E-state index contributed by atoms with van der Waals surface area (Å²) in [5.41, 5.74) is 0. The van der Waals surface area contributed by atoms with Crippen molar-refractivity contribution >= 4 is 0 Å². The molecule has 0 saturated heterocycles. The van der Waals surface area contributed by atoms with Gasteiger partial charge in [0.25, 0.3) is 0 Å². The molecule has 0 rings (SSSR count). The molecule has 0 bridgehead atoms. The van der Waals surface area contributed by atoms with Crippen LogP contribution in [0.2, 0.25) is 0 Å². The zero-order chi connectivity index (χ0) is 13.3. The Morgan fingerprint density at radius 3 is 2.24 bits per heavy atom. The number of nitrogens with zero attached hydrogens (tertiary/aromatic N) is 3. The Morgan fingerprint density at radius 1 is 1.18 bits per heavy atom. The Labute approximate surface area is 107 Å². The third kappa shape index (κ3) is 9.11. The van der Waals surface area contributed by atoms with Gasteiger partial charge in [0, 0.05) is 26.2 Å². The summed E-state index contributed by atoms with van der Waals surface area (Å²) in [6.07, 6.45) is 0.896. The normalized spacial score (nSPS) is 13.4. The Balaban J connectivity index is 4.05. The van der Waals surface area contributed by atoms with E-state index in [9.17, 15) is 0 Å². The lowest BCUT2D eigenvalue weighted by Crippen LogP contribution is -2.37. The van der Waals surface area contributed by atoms with Gasteiger partial charge in [-0.25, -0.2) is 0 Å². The van der Waals surface area contributed by atoms with Crippen LogP contribution in [0.4, 0.5) is 0 Å². The lowest BCUT2D eigenvalue weighted by molar-refractivity contribution is 0.213. The summed E-state index contributed by atoms with van der Waals surface area (Å²) >= 11 is 0. The summed E-state index contributed by atoms with van der Waals surface area (Å²) in [6, 6.07) is 2.25. The van der Waals surface area contributed by atoms with Gasteiger partial charge in [-0.15, -0.1) is 0 Å². The minimum atomic E-state index is -0.0241. The monoisotopic (exact) mass is 240 g/mol. The van der Waals surface area contributed by atoms with Crippen molar-refractivity contribution in [3.8, 4) is 6.07 Å². The first kappa shape index (κ1) is 16.4. The maximum Gasteiger partial charge on any atom is 0.0962 e. The van der Waals surface area contributed by atoms with Crippen LogP contribution in [0.25, 0.3) is 0 Å². The average Bonchev–Trinajstić information content (AvgIpc) is 2.26. The molecule has 0 fully saturated rings. The molecular weight excluding hydrogens is 212 g/mol. The van der Waals surface area contributed by atoms with E-state index in [2.05, 4.69) is 49.1 Å². The third-order valence-corrected chi connectivity index (χ3v) is 2.73. The van der Waals surface area contributed by atoms with Gasteiger partial charge in [0.1, 0.15) is 0 Å². The fraction of sp³-hybridized carbons (Fsp3) is 0.923. The molecule has 0 aromatic heterocycles. The summed E-state index contributed by atoms with van der Waals surface area (Å²) in [6.45, 7) is 8.72. The molecule has 0 aliphatic carbocycles. The first-order valence-corrected chi connectivity index (χ1v) is 6.43. The van der Waals surface area contributed by atoms with Gasteiger partial charge in [-0.05, 0) is 33.5 Å². The van der Waals surface area contributed by atoms with Gasteiger partial charge in [-0.1, -0.05) is 13.8 Å². The highest BCUT2D eigenvalue weighted by atomic mass is 15.2. The minimum absolute atomic E-state index is 0.0241.